The van der Waals surface area contributed by atoms with Gasteiger partial charge < -0.3 is 9.15 Å². The van der Waals surface area contributed by atoms with Gasteiger partial charge in [0.15, 0.2) is 5.66 Å². The molecule has 6 heteroatoms. The van der Waals surface area contributed by atoms with Gasteiger partial charge in [-0.3, -0.25) is 0 Å². The van der Waals surface area contributed by atoms with Gasteiger partial charge in [0.05, 0.1) is 11.6 Å². The number of ether oxygens (including phenoxy) is 1. The molecule has 0 fully saturated rings. The summed E-state index contributed by atoms with van der Waals surface area (Å²) in [5.41, 5.74) is 0.483. The molecule has 0 saturated heterocycles. The van der Waals surface area contributed by atoms with Crippen molar-refractivity contribution in [1.82, 2.24) is 0 Å². The maximum absolute atomic E-state index is 11.5. The summed E-state index contributed by atoms with van der Waals surface area (Å²) >= 11 is 6.25. The lowest BCUT2D eigenvalue weighted by molar-refractivity contribution is 0.284. The molecule has 0 atom stereocenters. The summed E-state index contributed by atoms with van der Waals surface area (Å²) in [6.45, 7) is 2.24. The Morgan fingerprint density at radius 3 is 2.83 bits per heavy atom. The van der Waals surface area contributed by atoms with Crippen LogP contribution in [0.2, 0.25) is 5.02 Å². The van der Waals surface area contributed by atoms with E-state index in [-0.39, 0.29) is 0 Å². The van der Waals surface area contributed by atoms with E-state index in [1.165, 1.54) is 6.07 Å². The minimum absolute atomic E-state index is 0.390. The molecule has 1 aliphatic rings. The first-order valence-corrected chi connectivity index (χ1v) is 7.65. The van der Waals surface area contributed by atoms with Gasteiger partial charge in [-0.25, -0.2) is 4.79 Å². The second kappa shape index (κ2) is 6.05. The molecule has 0 bridgehead atoms. The van der Waals surface area contributed by atoms with Crippen LogP contribution in [0.4, 0.5) is 0 Å². The van der Waals surface area contributed by atoms with Crippen molar-refractivity contribution in [2.24, 2.45) is 10.2 Å². The summed E-state index contributed by atoms with van der Waals surface area (Å²) in [5.74, 6) is 3.06. The number of hydrogen-bond acceptors (Lipinski definition) is 5. The number of fused-ring (bicyclic) bond motifs is 1. The molecule has 1 aliphatic heterocycles. The summed E-state index contributed by atoms with van der Waals surface area (Å²) in [6, 6.07) is 4.82. The number of nitrogens with zero attached hydrogens (tertiary/aromatic N) is 2. The van der Waals surface area contributed by atoms with Crippen molar-refractivity contribution < 1.29 is 9.15 Å². The Bertz CT molecular complexity index is 874. The number of hydrogen-bond donors (Lipinski definition) is 0. The number of rotatable bonds is 6. The van der Waals surface area contributed by atoms with E-state index < -0.39 is 11.3 Å². The Hall–Kier alpha value is -2.32. The first-order chi connectivity index (χ1) is 11.0. The Morgan fingerprint density at radius 2 is 2.13 bits per heavy atom. The zero-order chi connectivity index (χ0) is 16.4. The lowest BCUT2D eigenvalue weighted by Crippen LogP contribution is -2.15. The van der Waals surface area contributed by atoms with Gasteiger partial charge in [-0.2, -0.15) is 10.2 Å². The van der Waals surface area contributed by atoms with Gasteiger partial charge in [0.2, 0.25) is 0 Å². The van der Waals surface area contributed by atoms with Crippen LogP contribution in [0, 0.1) is 19.3 Å². The zero-order valence-corrected chi connectivity index (χ0v) is 13.4. The van der Waals surface area contributed by atoms with E-state index in [0.717, 1.165) is 17.4 Å². The first kappa shape index (κ1) is 15.6. The Balaban J connectivity index is 1.72. The summed E-state index contributed by atoms with van der Waals surface area (Å²) in [6.07, 6.45) is 7.26. The molecule has 0 radical (unpaired) electrons. The summed E-state index contributed by atoms with van der Waals surface area (Å²) < 4.78 is 10.9. The molecule has 0 N–H and O–H groups in total. The van der Waals surface area contributed by atoms with Crippen LogP contribution >= 0.6 is 11.6 Å². The van der Waals surface area contributed by atoms with Gasteiger partial charge >= 0.3 is 5.63 Å². The fourth-order valence-electron chi connectivity index (χ4n) is 2.42. The van der Waals surface area contributed by atoms with Crippen molar-refractivity contribution in [2.45, 2.75) is 31.8 Å². The van der Waals surface area contributed by atoms with E-state index >= 15 is 0 Å². The normalized spacial score (nSPS) is 14.7. The highest BCUT2D eigenvalue weighted by Crippen LogP contribution is 2.37. The van der Waals surface area contributed by atoms with Crippen LogP contribution in [0.5, 0.6) is 5.75 Å². The van der Waals surface area contributed by atoms with E-state index in [1.54, 1.807) is 12.1 Å². The van der Waals surface area contributed by atoms with Gasteiger partial charge in [0.1, 0.15) is 11.3 Å². The Labute approximate surface area is 138 Å². The molecule has 2 aromatic rings. The lowest BCUT2D eigenvalue weighted by atomic mass is 10.1. The predicted molar refractivity (Wildman–Crippen MR) is 88.0 cm³/mol. The minimum Gasteiger partial charge on any atom is -0.492 e. The molecular weight excluding hydrogens is 316 g/mol. The van der Waals surface area contributed by atoms with Crippen LogP contribution in [0.25, 0.3) is 11.0 Å². The summed E-state index contributed by atoms with van der Waals surface area (Å²) in [5, 5.41) is 9.37. The third kappa shape index (κ3) is 3.38. The standard InChI is InChI=1S/C17H15ClN2O3/c1-3-4-5-17(19-20-17)6-7-22-15-10-14-12(9-13(15)18)11(2)8-16(21)23-14/h1,8-10H,4-7H2,2H3. The largest absolute Gasteiger partial charge is 0.492 e. The molecule has 1 aromatic carbocycles. The van der Waals surface area contributed by atoms with Crippen LogP contribution in [0.1, 0.15) is 24.8 Å². The van der Waals surface area contributed by atoms with Gasteiger partial charge in [0, 0.05) is 36.8 Å². The van der Waals surface area contributed by atoms with Crippen molar-refractivity contribution in [3.63, 3.8) is 0 Å². The van der Waals surface area contributed by atoms with Gasteiger partial charge in [-0.15, -0.1) is 12.3 Å². The number of terminal acetylenes is 1. The van der Waals surface area contributed by atoms with Crippen LogP contribution in [-0.4, -0.2) is 12.3 Å². The van der Waals surface area contributed by atoms with Crippen molar-refractivity contribution in [3.8, 4) is 18.1 Å². The van der Waals surface area contributed by atoms with Crippen LogP contribution in [-0.2, 0) is 0 Å². The smallest absolute Gasteiger partial charge is 0.336 e. The van der Waals surface area contributed by atoms with Crippen molar-refractivity contribution in [2.75, 3.05) is 6.61 Å². The molecule has 0 unspecified atom stereocenters. The maximum Gasteiger partial charge on any atom is 0.336 e. The highest BCUT2D eigenvalue weighted by molar-refractivity contribution is 6.32. The second-order valence-electron chi connectivity index (χ2n) is 5.51. The molecule has 3 rings (SSSR count). The molecule has 23 heavy (non-hydrogen) atoms. The van der Waals surface area contributed by atoms with Crippen molar-refractivity contribution >= 4 is 22.6 Å². The van der Waals surface area contributed by atoms with E-state index in [0.29, 0.717) is 35.8 Å². The third-order valence-electron chi connectivity index (χ3n) is 3.82. The number of aryl methyl sites for hydroxylation is 1. The Morgan fingerprint density at radius 1 is 1.35 bits per heavy atom. The second-order valence-corrected chi connectivity index (χ2v) is 5.92. The zero-order valence-electron chi connectivity index (χ0n) is 12.6. The highest BCUT2D eigenvalue weighted by Gasteiger charge is 2.38. The fourth-order valence-corrected chi connectivity index (χ4v) is 2.64. The Kier molecular flexibility index (Phi) is 4.10. The number of benzene rings is 1. The summed E-state index contributed by atoms with van der Waals surface area (Å²) in [7, 11) is 0. The highest BCUT2D eigenvalue weighted by atomic mass is 35.5. The average Bonchev–Trinajstić information content (AvgIpc) is 3.27. The van der Waals surface area contributed by atoms with E-state index in [4.69, 9.17) is 27.2 Å². The topological polar surface area (TPSA) is 64.2 Å². The molecule has 2 heterocycles. The molecule has 0 aliphatic carbocycles. The van der Waals surface area contributed by atoms with Crippen LogP contribution < -0.4 is 10.4 Å². The van der Waals surface area contributed by atoms with Crippen LogP contribution in [0.15, 0.2) is 37.6 Å². The van der Waals surface area contributed by atoms with Gasteiger partial charge in [-0.1, -0.05) is 11.6 Å². The van der Waals surface area contributed by atoms with Crippen molar-refractivity contribution in [3.05, 3.63) is 39.2 Å². The lowest BCUT2D eigenvalue weighted by Gasteiger charge is -2.12. The van der Waals surface area contributed by atoms with E-state index in [1.807, 2.05) is 6.92 Å². The van der Waals surface area contributed by atoms with Gasteiger partial charge in [0.25, 0.3) is 0 Å². The monoisotopic (exact) mass is 330 g/mol. The molecule has 5 nitrogen and oxygen atoms in total. The summed E-state index contributed by atoms with van der Waals surface area (Å²) in [4.78, 5) is 11.5. The molecule has 1 aromatic heterocycles. The maximum atomic E-state index is 11.5. The molecule has 118 valence electrons. The van der Waals surface area contributed by atoms with Gasteiger partial charge in [-0.05, 0) is 18.6 Å². The van der Waals surface area contributed by atoms with Crippen molar-refractivity contribution in [1.29, 1.82) is 0 Å². The molecule has 0 spiro atoms. The van der Waals surface area contributed by atoms with E-state index in [2.05, 4.69) is 16.1 Å². The minimum atomic E-state index is -0.396. The SMILES string of the molecule is C#CCCC1(CCOc2cc3oc(=O)cc(C)c3cc2Cl)N=N1. The number of halogens is 1. The average molecular weight is 331 g/mol. The predicted octanol–water partition coefficient (Wildman–Crippen LogP) is 4.10. The molecular formula is C17H15ClN2O3. The van der Waals surface area contributed by atoms with E-state index in [9.17, 15) is 4.79 Å². The molecule has 0 amide bonds. The molecule has 0 saturated carbocycles. The quantitative estimate of drug-likeness (QED) is 0.591. The fraction of sp³-hybridized carbons (Fsp3) is 0.353. The first-order valence-electron chi connectivity index (χ1n) is 7.27. The van der Waals surface area contributed by atoms with Crippen LogP contribution in [0.3, 0.4) is 0 Å². The third-order valence-corrected chi connectivity index (χ3v) is 4.11.